The third-order valence-electron chi connectivity index (χ3n) is 3.11. The zero-order chi connectivity index (χ0) is 12.1. The van der Waals surface area contributed by atoms with E-state index in [9.17, 15) is 0 Å². The van der Waals surface area contributed by atoms with Crippen molar-refractivity contribution in [1.82, 2.24) is 0 Å². The molecule has 0 amide bonds. The second-order valence-corrected chi connectivity index (χ2v) is 4.63. The summed E-state index contributed by atoms with van der Waals surface area (Å²) in [6.07, 6.45) is 3.51. The Morgan fingerprint density at radius 3 is 2.82 bits per heavy atom. The summed E-state index contributed by atoms with van der Waals surface area (Å²) in [7, 11) is 0. The van der Waals surface area contributed by atoms with Crippen LogP contribution in [0.5, 0.6) is 5.75 Å². The molecule has 1 aliphatic carbocycles. The van der Waals surface area contributed by atoms with E-state index in [2.05, 4.69) is 6.92 Å². The number of para-hydroxylation sites is 1. The van der Waals surface area contributed by atoms with Gasteiger partial charge in [0.25, 0.3) is 0 Å². The first-order valence-corrected chi connectivity index (χ1v) is 6.36. The van der Waals surface area contributed by atoms with Gasteiger partial charge < -0.3 is 15.2 Å². The highest BCUT2D eigenvalue weighted by atomic mass is 16.7. The second kappa shape index (κ2) is 6.03. The fraction of sp³-hybridized carbons (Fsp3) is 0.571. The van der Waals surface area contributed by atoms with Crippen LogP contribution in [0.15, 0.2) is 24.3 Å². The molecule has 1 aromatic carbocycles. The first-order chi connectivity index (χ1) is 8.31. The van der Waals surface area contributed by atoms with Crippen molar-refractivity contribution >= 4 is 0 Å². The summed E-state index contributed by atoms with van der Waals surface area (Å²) in [5.74, 6) is 1.62. The molecular weight excluding hydrogens is 214 g/mol. The van der Waals surface area contributed by atoms with Gasteiger partial charge in [-0.2, -0.15) is 0 Å². The Balaban J connectivity index is 1.84. The standard InChI is InChI=1S/C14H21NO2/c1-2-13(15)12-5-3-4-6-14(12)17-10-16-9-11-7-8-11/h3-6,11,13H,2,7-10,15H2,1H3. The van der Waals surface area contributed by atoms with Crippen LogP contribution >= 0.6 is 0 Å². The van der Waals surface area contributed by atoms with E-state index in [0.717, 1.165) is 30.3 Å². The van der Waals surface area contributed by atoms with Gasteiger partial charge in [0.05, 0.1) is 6.61 Å². The van der Waals surface area contributed by atoms with E-state index in [1.165, 1.54) is 12.8 Å². The van der Waals surface area contributed by atoms with Gasteiger partial charge in [0.2, 0.25) is 0 Å². The summed E-state index contributed by atoms with van der Waals surface area (Å²) < 4.78 is 11.1. The normalized spacial score (nSPS) is 16.8. The van der Waals surface area contributed by atoms with E-state index in [4.69, 9.17) is 15.2 Å². The molecule has 1 unspecified atom stereocenters. The Morgan fingerprint density at radius 2 is 2.12 bits per heavy atom. The fourth-order valence-electron chi connectivity index (χ4n) is 1.74. The summed E-state index contributed by atoms with van der Waals surface area (Å²) in [5.41, 5.74) is 7.10. The van der Waals surface area contributed by atoms with Crippen molar-refractivity contribution < 1.29 is 9.47 Å². The van der Waals surface area contributed by atoms with Gasteiger partial charge in [0, 0.05) is 11.6 Å². The molecule has 2 N–H and O–H groups in total. The highest BCUT2D eigenvalue weighted by molar-refractivity contribution is 5.35. The van der Waals surface area contributed by atoms with Crippen molar-refractivity contribution in [2.75, 3.05) is 13.4 Å². The molecule has 1 saturated carbocycles. The lowest BCUT2D eigenvalue weighted by molar-refractivity contribution is 0.00928. The topological polar surface area (TPSA) is 44.5 Å². The third kappa shape index (κ3) is 3.72. The minimum absolute atomic E-state index is 0.0367. The zero-order valence-electron chi connectivity index (χ0n) is 10.4. The van der Waals surface area contributed by atoms with Crippen molar-refractivity contribution in [2.24, 2.45) is 11.7 Å². The van der Waals surface area contributed by atoms with Crippen LogP contribution in [-0.4, -0.2) is 13.4 Å². The van der Waals surface area contributed by atoms with Gasteiger partial charge in [-0.1, -0.05) is 25.1 Å². The predicted molar refractivity (Wildman–Crippen MR) is 67.8 cm³/mol. The van der Waals surface area contributed by atoms with Gasteiger partial charge in [-0.15, -0.1) is 0 Å². The first kappa shape index (κ1) is 12.4. The van der Waals surface area contributed by atoms with Crippen molar-refractivity contribution in [3.63, 3.8) is 0 Å². The van der Waals surface area contributed by atoms with Crippen LogP contribution in [0, 0.1) is 5.92 Å². The van der Waals surface area contributed by atoms with Crippen LogP contribution < -0.4 is 10.5 Å². The average molecular weight is 235 g/mol. The maximum atomic E-state index is 6.04. The second-order valence-electron chi connectivity index (χ2n) is 4.63. The molecule has 3 nitrogen and oxygen atoms in total. The monoisotopic (exact) mass is 235 g/mol. The number of rotatable bonds is 7. The Morgan fingerprint density at radius 1 is 1.35 bits per heavy atom. The van der Waals surface area contributed by atoms with Gasteiger partial charge in [-0.3, -0.25) is 0 Å². The molecule has 0 radical (unpaired) electrons. The number of hydrogen-bond acceptors (Lipinski definition) is 3. The van der Waals surface area contributed by atoms with Crippen LogP contribution in [0.3, 0.4) is 0 Å². The molecule has 1 aromatic rings. The summed E-state index contributed by atoms with van der Waals surface area (Å²) in [5, 5.41) is 0. The van der Waals surface area contributed by atoms with E-state index in [1.54, 1.807) is 0 Å². The van der Waals surface area contributed by atoms with E-state index < -0.39 is 0 Å². The van der Waals surface area contributed by atoms with Crippen LogP contribution in [-0.2, 0) is 4.74 Å². The molecule has 0 aliphatic heterocycles. The number of ether oxygens (including phenoxy) is 2. The first-order valence-electron chi connectivity index (χ1n) is 6.36. The van der Waals surface area contributed by atoms with Crippen LogP contribution in [0.4, 0.5) is 0 Å². The minimum Gasteiger partial charge on any atom is -0.467 e. The van der Waals surface area contributed by atoms with Crippen LogP contribution in [0.25, 0.3) is 0 Å². The highest BCUT2D eigenvalue weighted by Crippen LogP contribution is 2.29. The van der Waals surface area contributed by atoms with Crippen molar-refractivity contribution in [1.29, 1.82) is 0 Å². The fourth-order valence-corrected chi connectivity index (χ4v) is 1.74. The molecule has 17 heavy (non-hydrogen) atoms. The molecule has 0 aromatic heterocycles. The Kier molecular flexibility index (Phi) is 4.40. The molecule has 94 valence electrons. The lowest BCUT2D eigenvalue weighted by Gasteiger charge is -2.15. The summed E-state index contributed by atoms with van der Waals surface area (Å²) in [4.78, 5) is 0. The van der Waals surface area contributed by atoms with E-state index >= 15 is 0 Å². The molecular formula is C14H21NO2. The molecule has 0 bridgehead atoms. The molecule has 0 saturated heterocycles. The van der Waals surface area contributed by atoms with Gasteiger partial charge in [-0.25, -0.2) is 0 Å². The van der Waals surface area contributed by atoms with E-state index in [-0.39, 0.29) is 6.04 Å². The van der Waals surface area contributed by atoms with Crippen LogP contribution in [0.1, 0.15) is 37.8 Å². The largest absolute Gasteiger partial charge is 0.467 e. The van der Waals surface area contributed by atoms with Gasteiger partial charge in [-0.05, 0) is 31.2 Å². The quantitative estimate of drug-likeness (QED) is 0.584. The summed E-state index contributed by atoms with van der Waals surface area (Å²) >= 11 is 0. The van der Waals surface area contributed by atoms with Crippen molar-refractivity contribution in [3.05, 3.63) is 29.8 Å². The minimum atomic E-state index is 0.0367. The maximum absolute atomic E-state index is 6.04. The average Bonchev–Trinajstić information content (AvgIpc) is 3.18. The van der Waals surface area contributed by atoms with Gasteiger partial charge in [0.1, 0.15) is 5.75 Å². The molecule has 1 aliphatic rings. The third-order valence-corrected chi connectivity index (χ3v) is 3.11. The molecule has 3 heteroatoms. The Hall–Kier alpha value is -1.06. The Bertz CT molecular complexity index is 350. The molecule has 1 fully saturated rings. The highest BCUT2D eigenvalue weighted by Gasteiger charge is 2.21. The maximum Gasteiger partial charge on any atom is 0.189 e. The SMILES string of the molecule is CCC(N)c1ccccc1OCOCC1CC1. The molecule has 1 atom stereocenters. The van der Waals surface area contributed by atoms with E-state index in [0.29, 0.717) is 6.79 Å². The molecule has 0 heterocycles. The summed E-state index contributed by atoms with van der Waals surface area (Å²) in [6, 6.07) is 7.95. The Labute approximate surface area is 103 Å². The lowest BCUT2D eigenvalue weighted by Crippen LogP contribution is -2.12. The smallest absolute Gasteiger partial charge is 0.189 e. The molecule has 0 spiro atoms. The predicted octanol–water partition coefficient (Wildman–Crippen LogP) is 2.86. The zero-order valence-corrected chi connectivity index (χ0v) is 10.4. The van der Waals surface area contributed by atoms with Gasteiger partial charge in [0.15, 0.2) is 6.79 Å². The molecule has 2 rings (SSSR count). The van der Waals surface area contributed by atoms with E-state index in [1.807, 2.05) is 24.3 Å². The summed E-state index contributed by atoms with van der Waals surface area (Å²) in [6.45, 7) is 3.22. The number of benzene rings is 1. The van der Waals surface area contributed by atoms with Crippen molar-refractivity contribution in [3.8, 4) is 5.75 Å². The van der Waals surface area contributed by atoms with Crippen molar-refractivity contribution in [2.45, 2.75) is 32.2 Å². The van der Waals surface area contributed by atoms with Gasteiger partial charge >= 0.3 is 0 Å². The number of nitrogens with two attached hydrogens (primary N) is 1. The van der Waals surface area contributed by atoms with Crippen LogP contribution in [0.2, 0.25) is 0 Å². The number of hydrogen-bond donors (Lipinski definition) is 1. The lowest BCUT2D eigenvalue weighted by atomic mass is 10.0.